The van der Waals surface area contributed by atoms with E-state index >= 15 is 0 Å². The highest BCUT2D eigenvalue weighted by Gasteiger charge is 2.24. The third-order valence-corrected chi connectivity index (χ3v) is 5.14. The summed E-state index contributed by atoms with van der Waals surface area (Å²) < 4.78 is 5.46. The van der Waals surface area contributed by atoms with Crippen LogP contribution in [-0.2, 0) is 0 Å². The highest BCUT2D eigenvalue weighted by atomic mass is 35.5. The number of hydrogen-bond donors (Lipinski definition) is 0. The van der Waals surface area contributed by atoms with Crippen LogP contribution in [0.15, 0.2) is 36.4 Å². The molecule has 0 aliphatic carbocycles. The molecule has 1 fully saturated rings. The third-order valence-electron chi connectivity index (χ3n) is 4.53. The molecule has 2 aromatic carbocycles. The van der Waals surface area contributed by atoms with E-state index in [1.165, 1.54) is 12.1 Å². The van der Waals surface area contributed by atoms with Crippen LogP contribution in [0.5, 0.6) is 5.75 Å². The summed E-state index contributed by atoms with van der Waals surface area (Å²) in [5.41, 5.74) is 1.20. The van der Waals surface area contributed by atoms with E-state index in [0.29, 0.717) is 54.1 Å². The summed E-state index contributed by atoms with van der Waals surface area (Å²) in [6, 6.07) is 9.43. The van der Waals surface area contributed by atoms with Crippen LogP contribution in [0.4, 0.5) is 11.4 Å². The second-order valence-corrected chi connectivity index (χ2v) is 7.06. The van der Waals surface area contributed by atoms with E-state index in [9.17, 15) is 14.9 Å². The number of anilines is 1. The van der Waals surface area contributed by atoms with Gasteiger partial charge in [-0.05, 0) is 31.2 Å². The maximum Gasteiger partial charge on any atom is 0.271 e. The average Bonchev–Trinajstić information content (AvgIpc) is 2.69. The van der Waals surface area contributed by atoms with Gasteiger partial charge in [-0.3, -0.25) is 14.9 Å². The average molecular weight is 424 g/mol. The standard InChI is InChI=1S/C19H19Cl2N3O4/c1-2-28-18-11-13(3-5-15(18)20)19(25)23-9-7-22(8-10-23)17-6-4-14(24(26)27)12-16(17)21/h3-6,11-12H,2,7-10H2,1H3. The molecule has 0 atom stereocenters. The number of hydrogen-bond acceptors (Lipinski definition) is 5. The minimum absolute atomic E-state index is 0.0459. The van der Waals surface area contributed by atoms with Crippen LogP contribution in [0, 0.1) is 10.1 Å². The molecule has 0 radical (unpaired) electrons. The van der Waals surface area contributed by atoms with Gasteiger partial charge in [0.1, 0.15) is 5.75 Å². The number of nitro benzene ring substituents is 1. The van der Waals surface area contributed by atoms with Gasteiger partial charge in [-0.15, -0.1) is 0 Å². The number of carbonyl (C=O) groups is 1. The fourth-order valence-electron chi connectivity index (χ4n) is 3.10. The Labute approximate surface area is 172 Å². The molecule has 1 heterocycles. The van der Waals surface area contributed by atoms with Gasteiger partial charge in [0.25, 0.3) is 11.6 Å². The molecule has 0 unspecified atom stereocenters. The van der Waals surface area contributed by atoms with Crippen LogP contribution in [0.2, 0.25) is 10.0 Å². The van der Waals surface area contributed by atoms with Gasteiger partial charge >= 0.3 is 0 Å². The van der Waals surface area contributed by atoms with Crippen molar-refractivity contribution >= 4 is 40.5 Å². The van der Waals surface area contributed by atoms with Crippen LogP contribution in [-0.4, -0.2) is 48.5 Å². The van der Waals surface area contributed by atoms with Crippen LogP contribution in [0.25, 0.3) is 0 Å². The van der Waals surface area contributed by atoms with Crippen LogP contribution in [0.1, 0.15) is 17.3 Å². The Hall–Kier alpha value is -2.51. The first-order valence-corrected chi connectivity index (χ1v) is 9.56. The predicted octanol–water partition coefficient (Wildman–Crippen LogP) is 4.26. The summed E-state index contributed by atoms with van der Waals surface area (Å²) in [7, 11) is 0. The van der Waals surface area contributed by atoms with E-state index in [2.05, 4.69) is 0 Å². The molecule has 0 bridgehead atoms. The number of carbonyl (C=O) groups excluding carboxylic acids is 1. The Morgan fingerprint density at radius 2 is 1.82 bits per heavy atom. The minimum atomic E-state index is -0.477. The lowest BCUT2D eigenvalue weighted by molar-refractivity contribution is -0.384. The van der Waals surface area contributed by atoms with Gasteiger partial charge in [-0.1, -0.05) is 23.2 Å². The zero-order chi connectivity index (χ0) is 20.3. The van der Waals surface area contributed by atoms with Crippen molar-refractivity contribution in [3.8, 4) is 5.75 Å². The molecule has 1 saturated heterocycles. The first-order valence-electron chi connectivity index (χ1n) is 8.81. The molecule has 148 valence electrons. The van der Waals surface area contributed by atoms with E-state index in [0.717, 1.165) is 5.69 Å². The summed E-state index contributed by atoms with van der Waals surface area (Å²) in [5, 5.41) is 11.6. The SMILES string of the molecule is CCOc1cc(C(=O)N2CCN(c3ccc([N+](=O)[O-])cc3Cl)CC2)ccc1Cl. The van der Waals surface area contributed by atoms with Crippen molar-refractivity contribution in [1.82, 2.24) is 4.90 Å². The van der Waals surface area contributed by atoms with Gasteiger partial charge in [0.05, 0.1) is 27.3 Å². The van der Waals surface area contributed by atoms with Crippen molar-refractivity contribution in [3.63, 3.8) is 0 Å². The largest absolute Gasteiger partial charge is 0.492 e. The maximum atomic E-state index is 12.8. The second kappa shape index (κ2) is 8.67. The van der Waals surface area contributed by atoms with E-state index in [-0.39, 0.29) is 11.6 Å². The Bertz CT molecular complexity index is 899. The zero-order valence-electron chi connectivity index (χ0n) is 15.2. The molecular weight excluding hydrogens is 405 g/mol. The molecule has 7 nitrogen and oxygen atoms in total. The van der Waals surface area contributed by atoms with Crippen molar-refractivity contribution in [2.45, 2.75) is 6.92 Å². The van der Waals surface area contributed by atoms with E-state index in [1.807, 2.05) is 11.8 Å². The molecule has 28 heavy (non-hydrogen) atoms. The normalized spacial score (nSPS) is 14.1. The summed E-state index contributed by atoms with van der Waals surface area (Å²) in [6.07, 6.45) is 0. The van der Waals surface area contributed by atoms with E-state index in [1.54, 1.807) is 29.2 Å². The molecule has 0 saturated carbocycles. The van der Waals surface area contributed by atoms with Gasteiger partial charge in [0, 0.05) is 43.9 Å². The molecule has 1 aliphatic rings. The Morgan fingerprint density at radius 1 is 1.11 bits per heavy atom. The lowest BCUT2D eigenvalue weighted by Crippen LogP contribution is -2.48. The molecule has 0 N–H and O–H groups in total. The van der Waals surface area contributed by atoms with Gasteiger partial charge in [0.15, 0.2) is 0 Å². The van der Waals surface area contributed by atoms with Crippen molar-refractivity contribution in [3.05, 3.63) is 62.1 Å². The Kier molecular flexibility index (Phi) is 6.26. The molecule has 0 aromatic heterocycles. The second-order valence-electron chi connectivity index (χ2n) is 6.25. The number of nitrogens with zero attached hydrogens (tertiary/aromatic N) is 3. The van der Waals surface area contributed by atoms with Crippen molar-refractivity contribution < 1.29 is 14.5 Å². The van der Waals surface area contributed by atoms with E-state index < -0.39 is 4.92 Å². The van der Waals surface area contributed by atoms with Crippen molar-refractivity contribution in [2.24, 2.45) is 0 Å². The summed E-state index contributed by atoms with van der Waals surface area (Å²) >= 11 is 12.3. The maximum absolute atomic E-state index is 12.8. The number of nitro groups is 1. The summed E-state index contributed by atoms with van der Waals surface area (Å²) in [6.45, 7) is 4.50. The van der Waals surface area contributed by atoms with E-state index in [4.69, 9.17) is 27.9 Å². The predicted molar refractivity (Wildman–Crippen MR) is 109 cm³/mol. The number of piperazine rings is 1. The Morgan fingerprint density at radius 3 is 2.43 bits per heavy atom. The summed E-state index contributed by atoms with van der Waals surface area (Å²) in [5.74, 6) is 0.401. The monoisotopic (exact) mass is 423 g/mol. The molecular formula is C19H19Cl2N3O4. The zero-order valence-corrected chi connectivity index (χ0v) is 16.7. The lowest BCUT2D eigenvalue weighted by Gasteiger charge is -2.36. The summed E-state index contributed by atoms with van der Waals surface area (Å²) in [4.78, 5) is 27.0. The lowest BCUT2D eigenvalue weighted by atomic mass is 10.1. The van der Waals surface area contributed by atoms with Crippen molar-refractivity contribution in [1.29, 1.82) is 0 Å². The topological polar surface area (TPSA) is 75.9 Å². The first kappa shape index (κ1) is 20.2. The highest BCUT2D eigenvalue weighted by molar-refractivity contribution is 6.33. The smallest absolute Gasteiger partial charge is 0.271 e. The number of non-ortho nitro benzene ring substituents is 1. The van der Waals surface area contributed by atoms with Crippen LogP contribution in [0.3, 0.4) is 0 Å². The molecule has 1 aliphatic heterocycles. The molecule has 1 amide bonds. The minimum Gasteiger partial charge on any atom is -0.492 e. The number of rotatable bonds is 5. The van der Waals surface area contributed by atoms with Crippen molar-refractivity contribution in [2.75, 3.05) is 37.7 Å². The molecule has 3 rings (SSSR count). The number of amides is 1. The van der Waals surface area contributed by atoms with Gasteiger partial charge < -0.3 is 14.5 Å². The fraction of sp³-hybridized carbons (Fsp3) is 0.316. The first-order chi connectivity index (χ1) is 13.4. The molecule has 0 spiro atoms. The molecule has 2 aromatic rings. The molecule has 9 heteroatoms. The van der Waals surface area contributed by atoms with Gasteiger partial charge in [0.2, 0.25) is 0 Å². The highest BCUT2D eigenvalue weighted by Crippen LogP contribution is 2.31. The third kappa shape index (κ3) is 4.31. The van der Waals surface area contributed by atoms with Crippen LogP contribution < -0.4 is 9.64 Å². The van der Waals surface area contributed by atoms with Gasteiger partial charge in [-0.25, -0.2) is 0 Å². The Balaban J connectivity index is 1.68. The van der Waals surface area contributed by atoms with Crippen LogP contribution >= 0.6 is 23.2 Å². The number of halogens is 2. The number of benzene rings is 2. The number of ether oxygens (including phenoxy) is 1. The fourth-order valence-corrected chi connectivity index (χ4v) is 3.57. The van der Waals surface area contributed by atoms with Gasteiger partial charge in [-0.2, -0.15) is 0 Å². The quantitative estimate of drug-likeness (QED) is 0.530.